The van der Waals surface area contributed by atoms with E-state index in [1.165, 1.54) is 76.8 Å². The van der Waals surface area contributed by atoms with Gasteiger partial charge >= 0.3 is 0 Å². The van der Waals surface area contributed by atoms with Gasteiger partial charge < -0.3 is 9.32 Å². The lowest BCUT2D eigenvalue weighted by atomic mass is 9.94. The van der Waals surface area contributed by atoms with Gasteiger partial charge in [-0.2, -0.15) is 0 Å². The number of nitrogens with zero attached hydrogens (tertiary/aromatic N) is 1. The summed E-state index contributed by atoms with van der Waals surface area (Å²) in [7, 11) is 0. The SMILES string of the molecule is c1ccc2c(c1)-c1cccc3c(-c4ccc(N(c5ccc(-c6ccc7ccc8ccccc8c7c6)cc5)c5ccc(-c6cccc7c6oc6ccccc67)cc5)cc4)ccc-2c13. The third kappa shape index (κ3) is 5.37. The summed E-state index contributed by atoms with van der Waals surface area (Å²) in [5, 5.41) is 9.96. The minimum absolute atomic E-state index is 0.906. The second-order valence-corrected chi connectivity index (χ2v) is 16.4. The molecule has 0 atom stereocenters. The first-order chi connectivity index (χ1) is 30.7. The summed E-state index contributed by atoms with van der Waals surface area (Å²) in [6.07, 6.45) is 0. The molecule has 1 aliphatic carbocycles. The van der Waals surface area contributed by atoms with Crippen molar-refractivity contribution < 1.29 is 4.42 Å². The lowest BCUT2D eigenvalue weighted by Crippen LogP contribution is -2.09. The summed E-state index contributed by atoms with van der Waals surface area (Å²) < 4.78 is 6.44. The van der Waals surface area contributed by atoms with Crippen LogP contribution in [0.1, 0.15) is 0 Å². The second kappa shape index (κ2) is 13.7. The number of benzene rings is 11. The van der Waals surface area contributed by atoms with E-state index in [1.54, 1.807) is 0 Å². The Bertz CT molecular complexity index is 3700. The van der Waals surface area contributed by atoms with E-state index in [9.17, 15) is 0 Å². The molecule has 0 saturated heterocycles. The van der Waals surface area contributed by atoms with Gasteiger partial charge in [0.1, 0.15) is 11.2 Å². The van der Waals surface area contributed by atoms with Crippen molar-refractivity contribution in [2.75, 3.05) is 4.90 Å². The zero-order chi connectivity index (χ0) is 40.7. The highest BCUT2D eigenvalue weighted by molar-refractivity contribution is 6.19. The molecule has 1 heterocycles. The molecule has 1 aromatic heterocycles. The number of rotatable bonds is 6. The summed E-state index contributed by atoms with van der Waals surface area (Å²) in [6, 6.07) is 81.7. The fourth-order valence-corrected chi connectivity index (χ4v) is 10.0. The van der Waals surface area contributed by atoms with E-state index in [0.717, 1.165) is 50.1 Å². The predicted octanol–water partition coefficient (Wildman–Crippen LogP) is 17.2. The number of hydrogen-bond donors (Lipinski definition) is 0. The van der Waals surface area contributed by atoms with Crippen LogP contribution in [0.2, 0.25) is 0 Å². The highest BCUT2D eigenvalue weighted by Crippen LogP contribution is 2.49. The molecule has 1 aliphatic rings. The molecule has 0 bridgehead atoms. The Kier molecular flexibility index (Phi) is 7.64. The molecule has 0 N–H and O–H groups in total. The zero-order valence-electron chi connectivity index (χ0n) is 33.7. The first-order valence-corrected chi connectivity index (χ1v) is 21.3. The number of anilines is 3. The van der Waals surface area contributed by atoms with E-state index in [4.69, 9.17) is 4.42 Å². The van der Waals surface area contributed by atoms with E-state index in [-0.39, 0.29) is 0 Å². The molecule has 0 unspecified atom stereocenters. The molecule has 288 valence electrons. The molecule has 0 saturated carbocycles. The number of fused-ring (bicyclic) bond motifs is 9. The molecule has 13 rings (SSSR count). The first kappa shape index (κ1) is 34.6. The number of hydrogen-bond acceptors (Lipinski definition) is 2. The van der Waals surface area contributed by atoms with Crippen molar-refractivity contribution in [2.24, 2.45) is 0 Å². The fourth-order valence-electron chi connectivity index (χ4n) is 10.0. The quantitative estimate of drug-likeness (QED) is 0.156. The molecule has 0 aliphatic heterocycles. The maximum absolute atomic E-state index is 6.44. The van der Waals surface area contributed by atoms with E-state index < -0.39 is 0 Å². The Morgan fingerprint density at radius 3 is 1.48 bits per heavy atom. The molecule has 12 aromatic rings. The van der Waals surface area contributed by atoms with Crippen molar-refractivity contribution in [3.63, 3.8) is 0 Å². The molecule has 0 spiro atoms. The Morgan fingerprint density at radius 1 is 0.274 bits per heavy atom. The normalized spacial score (nSPS) is 11.9. The van der Waals surface area contributed by atoms with Gasteiger partial charge in [0.05, 0.1) is 0 Å². The molecule has 0 radical (unpaired) electrons. The van der Waals surface area contributed by atoms with Gasteiger partial charge in [0.25, 0.3) is 0 Å². The lowest BCUT2D eigenvalue weighted by Gasteiger charge is -2.26. The standard InChI is InChI=1S/C60H37NO/c1-2-10-47-39(9-1)19-20-42-21-22-43(37-57(42)47)38-23-29-44(30-24-38)61(46-33-27-41(28-34-46)49-14-7-17-56-52-13-5-6-18-58(52)62-60(49)56)45-31-25-40(26-32-45)48-35-36-55-51-12-4-3-11-50(51)54-16-8-15-53(48)59(54)55/h1-37H. The number of para-hydroxylation sites is 2. The van der Waals surface area contributed by atoms with Gasteiger partial charge in [-0.3, -0.25) is 0 Å². The van der Waals surface area contributed by atoms with Gasteiger partial charge in [-0.25, -0.2) is 0 Å². The molecular formula is C60H37NO. The molecule has 2 nitrogen and oxygen atoms in total. The van der Waals surface area contributed by atoms with Crippen LogP contribution in [0.15, 0.2) is 229 Å². The largest absolute Gasteiger partial charge is 0.455 e. The van der Waals surface area contributed by atoms with Gasteiger partial charge in [-0.1, -0.05) is 176 Å². The maximum atomic E-state index is 6.44. The molecule has 62 heavy (non-hydrogen) atoms. The van der Waals surface area contributed by atoms with Crippen molar-refractivity contribution in [3.05, 3.63) is 224 Å². The smallest absolute Gasteiger partial charge is 0.143 e. The Morgan fingerprint density at radius 2 is 0.758 bits per heavy atom. The molecule has 11 aromatic carbocycles. The summed E-state index contributed by atoms with van der Waals surface area (Å²) in [5.41, 5.74) is 17.4. The minimum atomic E-state index is 0.906. The molecule has 0 amide bonds. The van der Waals surface area contributed by atoms with Crippen LogP contribution in [0.5, 0.6) is 0 Å². The van der Waals surface area contributed by atoms with Gasteiger partial charge in [-0.15, -0.1) is 0 Å². The van der Waals surface area contributed by atoms with Gasteiger partial charge in [0.15, 0.2) is 0 Å². The average molecular weight is 788 g/mol. The van der Waals surface area contributed by atoms with E-state index in [1.807, 2.05) is 12.1 Å². The fraction of sp³-hybridized carbons (Fsp3) is 0. The summed E-state index contributed by atoms with van der Waals surface area (Å²) in [5.74, 6) is 0. The van der Waals surface area contributed by atoms with E-state index in [2.05, 4.69) is 217 Å². The minimum Gasteiger partial charge on any atom is -0.455 e. The monoisotopic (exact) mass is 787 g/mol. The average Bonchev–Trinajstić information content (AvgIpc) is 3.89. The number of furan rings is 1. The van der Waals surface area contributed by atoms with Gasteiger partial charge in [-0.05, 0) is 131 Å². The third-order valence-electron chi connectivity index (χ3n) is 13.0. The Labute approximate surface area is 359 Å². The van der Waals surface area contributed by atoms with Crippen molar-refractivity contribution in [1.82, 2.24) is 0 Å². The first-order valence-electron chi connectivity index (χ1n) is 21.3. The Hall–Kier alpha value is -8.20. The summed E-state index contributed by atoms with van der Waals surface area (Å²) in [4.78, 5) is 2.36. The predicted molar refractivity (Wildman–Crippen MR) is 262 cm³/mol. The molecular weight excluding hydrogens is 751 g/mol. The second-order valence-electron chi connectivity index (χ2n) is 16.4. The van der Waals surface area contributed by atoms with Crippen LogP contribution in [0, 0.1) is 0 Å². The van der Waals surface area contributed by atoms with Crippen LogP contribution in [0.3, 0.4) is 0 Å². The molecule has 2 heteroatoms. The van der Waals surface area contributed by atoms with Crippen molar-refractivity contribution in [3.8, 4) is 55.6 Å². The van der Waals surface area contributed by atoms with Crippen LogP contribution in [0.4, 0.5) is 17.1 Å². The molecule has 0 fully saturated rings. The lowest BCUT2D eigenvalue weighted by molar-refractivity contribution is 0.670. The van der Waals surface area contributed by atoms with Crippen LogP contribution in [-0.2, 0) is 0 Å². The van der Waals surface area contributed by atoms with Crippen molar-refractivity contribution in [2.45, 2.75) is 0 Å². The van der Waals surface area contributed by atoms with Crippen LogP contribution in [0.25, 0.3) is 110 Å². The Balaban J connectivity index is 0.903. The highest BCUT2D eigenvalue weighted by atomic mass is 16.3. The zero-order valence-corrected chi connectivity index (χ0v) is 33.7. The third-order valence-corrected chi connectivity index (χ3v) is 13.0. The van der Waals surface area contributed by atoms with E-state index in [0.29, 0.717) is 0 Å². The van der Waals surface area contributed by atoms with Crippen LogP contribution < -0.4 is 4.90 Å². The summed E-state index contributed by atoms with van der Waals surface area (Å²) in [6.45, 7) is 0. The van der Waals surface area contributed by atoms with Crippen LogP contribution >= 0.6 is 0 Å². The summed E-state index contributed by atoms with van der Waals surface area (Å²) >= 11 is 0. The van der Waals surface area contributed by atoms with E-state index >= 15 is 0 Å². The van der Waals surface area contributed by atoms with Crippen molar-refractivity contribution >= 4 is 71.3 Å². The highest BCUT2D eigenvalue weighted by Gasteiger charge is 2.23. The van der Waals surface area contributed by atoms with Crippen LogP contribution in [-0.4, -0.2) is 0 Å². The maximum Gasteiger partial charge on any atom is 0.143 e. The van der Waals surface area contributed by atoms with Crippen molar-refractivity contribution in [1.29, 1.82) is 0 Å². The topological polar surface area (TPSA) is 16.4 Å². The van der Waals surface area contributed by atoms with Gasteiger partial charge in [0.2, 0.25) is 0 Å². The van der Waals surface area contributed by atoms with Gasteiger partial charge in [0, 0.05) is 33.4 Å².